The lowest BCUT2D eigenvalue weighted by Crippen LogP contribution is -2.31. The van der Waals surface area contributed by atoms with E-state index in [1.165, 1.54) is 19.4 Å². The van der Waals surface area contributed by atoms with Gasteiger partial charge in [-0.2, -0.15) is 5.10 Å². The predicted molar refractivity (Wildman–Crippen MR) is 91.2 cm³/mol. The quantitative estimate of drug-likeness (QED) is 0.836. The predicted octanol–water partition coefficient (Wildman–Crippen LogP) is 1.43. The van der Waals surface area contributed by atoms with Crippen molar-refractivity contribution in [3.8, 4) is 0 Å². The summed E-state index contributed by atoms with van der Waals surface area (Å²) in [7, 11) is 1.85. The van der Waals surface area contributed by atoms with Crippen LogP contribution in [0.5, 0.6) is 0 Å². The van der Waals surface area contributed by atoms with Crippen LogP contribution in [0.4, 0.5) is 10.5 Å². The molecule has 1 aromatic rings. The third-order valence-corrected chi connectivity index (χ3v) is 5.59. The molecule has 3 aliphatic rings. The van der Waals surface area contributed by atoms with E-state index in [2.05, 4.69) is 14.7 Å². The van der Waals surface area contributed by atoms with Crippen LogP contribution in [-0.4, -0.2) is 78.6 Å². The van der Waals surface area contributed by atoms with Crippen molar-refractivity contribution in [1.29, 1.82) is 0 Å². The maximum Gasteiger partial charge on any atom is 0.324 e. The van der Waals surface area contributed by atoms with Crippen molar-refractivity contribution in [2.24, 2.45) is 5.92 Å². The van der Waals surface area contributed by atoms with Crippen molar-refractivity contribution in [3.05, 3.63) is 12.4 Å². The summed E-state index contributed by atoms with van der Waals surface area (Å²) in [6.07, 6.45) is 7.39. The van der Waals surface area contributed by atoms with Crippen LogP contribution in [0.15, 0.2) is 12.4 Å². The van der Waals surface area contributed by atoms with Gasteiger partial charge in [0.1, 0.15) is 0 Å². The zero-order chi connectivity index (χ0) is 16.5. The van der Waals surface area contributed by atoms with Gasteiger partial charge in [-0.15, -0.1) is 0 Å². The van der Waals surface area contributed by atoms with Gasteiger partial charge in [0, 0.05) is 59.2 Å². The molecular formula is C17H27N5O2. The highest BCUT2D eigenvalue weighted by molar-refractivity contribution is 5.93. The Morgan fingerprint density at radius 1 is 1.21 bits per heavy atom. The Balaban J connectivity index is 1.34. The molecule has 3 saturated heterocycles. The lowest BCUT2D eigenvalue weighted by atomic mass is 10.00. The van der Waals surface area contributed by atoms with Gasteiger partial charge >= 0.3 is 6.03 Å². The first-order valence-corrected chi connectivity index (χ1v) is 9.07. The van der Waals surface area contributed by atoms with Crippen molar-refractivity contribution in [2.45, 2.75) is 25.3 Å². The van der Waals surface area contributed by atoms with E-state index in [9.17, 15) is 4.79 Å². The third kappa shape index (κ3) is 3.15. The Morgan fingerprint density at radius 3 is 2.79 bits per heavy atom. The van der Waals surface area contributed by atoms with Crippen LogP contribution >= 0.6 is 0 Å². The number of urea groups is 1. The van der Waals surface area contributed by atoms with E-state index >= 15 is 0 Å². The summed E-state index contributed by atoms with van der Waals surface area (Å²) >= 11 is 0. The number of rotatable bonds is 4. The Labute approximate surface area is 143 Å². The van der Waals surface area contributed by atoms with E-state index in [0.717, 1.165) is 57.4 Å². The highest BCUT2D eigenvalue weighted by Crippen LogP contribution is 2.27. The second-order valence-electron chi connectivity index (χ2n) is 7.29. The Kier molecular flexibility index (Phi) is 4.45. The largest absolute Gasteiger partial charge is 0.381 e. The van der Waals surface area contributed by atoms with Gasteiger partial charge in [-0.1, -0.05) is 0 Å². The van der Waals surface area contributed by atoms with Crippen molar-refractivity contribution in [2.75, 3.05) is 57.9 Å². The summed E-state index contributed by atoms with van der Waals surface area (Å²) in [5.41, 5.74) is 0.923. The molecule has 0 aliphatic carbocycles. The highest BCUT2D eigenvalue weighted by Gasteiger charge is 2.30. The van der Waals surface area contributed by atoms with Gasteiger partial charge in [-0.25, -0.2) is 4.79 Å². The molecule has 0 spiro atoms. The molecule has 2 amide bonds. The molecule has 3 aliphatic heterocycles. The van der Waals surface area contributed by atoms with Crippen LogP contribution in [0.1, 0.15) is 25.3 Å². The number of amides is 2. The number of hydrogen-bond donors (Lipinski definition) is 0. The van der Waals surface area contributed by atoms with Crippen LogP contribution in [0.2, 0.25) is 0 Å². The van der Waals surface area contributed by atoms with Crippen molar-refractivity contribution in [3.63, 3.8) is 0 Å². The minimum absolute atomic E-state index is 0.0714. The van der Waals surface area contributed by atoms with E-state index in [4.69, 9.17) is 4.74 Å². The lowest BCUT2D eigenvalue weighted by molar-refractivity contribution is 0.0551. The standard InChI is InChI=1S/C17H27N5O2/c1-19-6-7-21(17(19)23)16-10-18-22(13-16)15-2-5-20(12-15)11-14-3-8-24-9-4-14/h10,13-15H,2-9,11-12H2,1H3. The molecule has 0 aromatic carbocycles. The van der Waals surface area contributed by atoms with E-state index in [-0.39, 0.29) is 6.03 Å². The first-order valence-electron chi connectivity index (χ1n) is 9.07. The Hall–Kier alpha value is -1.60. The average molecular weight is 333 g/mol. The topological polar surface area (TPSA) is 53.8 Å². The average Bonchev–Trinajstić information content (AvgIpc) is 3.30. The summed E-state index contributed by atoms with van der Waals surface area (Å²) < 4.78 is 7.51. The second kappa shape index (κ2) is 6.72. The van der Waals surface area contributed by atoms with Gasteiger partial charge in [-0.3, -0.25) is 9.58 Å². The number of aromatic nitrogens is 2. The molecular weight excluding hydrogens is 306 g/mol. The summed E-state index contributed by atoms with van der Waals surface area (Å²) in [4.78, 5) is 18.2. The maximum absolute atomic E-state index is 12.1. The number of likely N-dealkylation sites (tertiary alicyclic amines) is 1. The van der Waals surface area contributed by atoms with Crippen LogP contribution < -0.4 is 4.90 Å². The number of ether oxygens (including phenoxy) is 1. The Morgan fingerprint density at radius 2 is 2.04 bits per heavy atom. The monoisotopic (exact) mass is 333 g/mol. The molecule has 7 nitrogen and oxygen atoms in total. The first kappa shape index (κ1) is 15.9. The first-order chi connectivity index (χ1) is 11.7. The smallest absolute Gasteiger partial charge is 0.324 e. The molecule has 132 valence electrons. The molecule has 4 heterocycles. The molecule has 1 aromatic heterocycles. The molecule has 3 fully saturated rings. The Bertz CT molecular complexity index is 583. The number of nitrogens with zero attached hydrogens (tertiary/aromatic N) is 5. The molecule has 0 N–H and O–H groups in total. The molecule has 0 radical (unpaired) electrons. The van der Waals surface area contributed by atoms with Crippen LogP contribution in [0.3, 0.4) is 0 Å². The lowest BCUT2D eigenvalue weighted by Gasteiger charge is -2.26. The number of likely N-dealkylation sites (N-methyl/N-ethyl adjacent to an activating group) is 1. The van der Waals surface area contributed by atoms with Gasteiger partial charge < -0.3 is 14.5 Å². The second-order valence-corrected chi connectivity index (χ2v) is 7.29. The normalized spacial score (nSPS) is 26.7. The van der Waals surface area contributed by atoms with Crippen molar-refractivity contribution < 1.29 is 9.53 Å². The zero-order valence-electron chi connectivity index (χ0n) is 14.4. The van der Waals surface area contributed by atoms with Crippen molar-refractivity contribution in [1.82, 2.24) is 19.6 Å². The van der Waals surface area contributed by atoms with Crippen LogP contribution in [-0.2, 0) is 4.74 Å². The molecule has 24 heavy (non-hydrogen) atoms. The van der Waals surface area contributed by atoms with Crippen LogP contribution in [0, 0.1) is 5.92 Å². The summed E-state index contributed by atoms with van der Waals surface area (Å²) in [6, 6.07) is 0.496. The fourth-order valence-electron chi connectivity index (χ4n) is 4.04. The van der Waals surface area contributed by atoms with E-state index in [1.54, 1.807) is 4.90 Å². The molecule has 0 saturated carbocycles. The van der Waals surface area contributed by atoms with E-state index < -0.39 is 0 Å². The summed E-state index contributed by atoms with van der Waals surface area (Å²) in [5, 5.41) is 4.54. The number of anilines is 1. The zero-order valence-corrected chi connectivity index (χ0v) is 14.4. The number of carbonyl (C=O) groups is 1. The number of carbonyl (C=O) groups excluding carboxylic acids is 1. The van der Waals surface area contributed by atoms with E-state index in [0.29, 0.717) is 6.04 Å². The maximum atomic E-state index is 12.1. The minimum atomic E-state index is 0.0714. The van der Waals surface area contributed by atoms with Gasteiger partial charge in [0.25, 0.3) is 0 Å². The third-order valence-electron chi connectivity index (χ3n) is 5.59. The number of hydrogen-bond acceptors (Lipinski definition) is 4. The van der Waals surface area contributed by atoms with Gasteiger partial charge in [0.05, 0.1) is 17.9 Å². The summed E-state index contributed by atoms with van der Waals surface area (Å²) in [5.74, 6) is 0.781. The van der Waals surface area contributed by atoms with Crippen molar-refractivity contribution >= 4 is 11.7 Å². The molecule has 0 bridgehead atoms. The fourth-order valence-corrected chi connectivity index (χ4v) is 4.04. The fraction of sp³-hybridized carbons (Fsp3) is 0.765. The van der Waals surface area contributed by atoms with Gasteiger partial charge in [-0.05, 0) is 25.2 Å². The van der Waals surface area contributed by atoms with Gasteiger partial charge in [0.15, 0.2) is 0 Å². The summed E-state index contributed by atoms with van der Waals surface area (Å²) in [6.45, 7) is 6.76. The van der Waals surface area contributed by atoms with Crippen LogP contribution in [0.25, 0.3) is 0 Å². The molecule has 7 heteroatoms. The van der Waals surface area contributed by atoms with Gasteiger partial charge in [0.2, 0.25) is 0 Å². The minimum Gasteiger partial charge on any atom is -0.381 e. The highest BCUT2D eigenvalue weighted by atomic mass is 16.5. The molecule has 1 atom stereocenters. The SMILES string of the molecule is CN1CCN(c2cnn(C3CCN(CC4CCOCC4)C3)c2)C1=O. The van der Waals surface area contributed by atoms with E-state index in [1.807, 2.05) is 24.3 Å². The molecule has 1 unspecified atom stereocenters. The molecule has 4 rings (SSSR count).